The van der Waals surface area contributed by atoms with E-state index in [2.05, 4.69) is 0 Å². The van der Waals surface area contributed by atoms with Crippen molar-refractivity contribution in [3.05, 3.63) is 0 Å². The molecule has 0 aromatic carbocycles. The Morgan fingerprint density at radius 1 is 1.22 bits per heavy atom. The summed E-state index contributed by atoms with van der Waals surface area (Å²) in [5.41, 5.74) is 5.25. The van der Waals surface area contributed by atoms with Crippen LogP contribution in [0.4, 0.5) is 0 Å². The molecule has 0 saturated heterocycles. The summed E-state index contributed by atoms with van der Waals surface area (Å²) in [7, 11) is 0. The highest BCUT2D eigenvalue weighted by molar-refractivity contribution is 4.58. The van der Waals surface area contributed by atoms with Gasteiger partial charge in [0.2, 0.25) is 0 Å². The van der Waals surface area contributed by atoms with Crippen LogP contribution in [0.5, 0.6) is 0 Å². The molecule has 0 bridgehead atoms. The molecule has 0 radical (unpaired) electrons. The molecule has 0 heterocycles. The van der Waals surface area contributed by atoms with Gasteiger partial charge >= 0.3 is 0 Å². The first-order chi connectivity index (χ1) is 4.16. The molecule has 0 aromatic heterocycles. The second-order valence-corrected chi connectivity index (χ2v) is 2.00. The summed E-state index contributed by atoms with van der Waals surface area (Å²) >= 11 is 0. The fourth-order valence-electron chi connectivity index (χ4n) is 0.454. The molecule has 56 valence electrons. The van der Waals surface area contributed by atoms with Gasteiger partial charge in [-0.2, -0.15) is 0 Å². The SMILES string of the molecule is NC(CO)CCC(O)O. The van der Waals surface area contributed by atoms with Crippen LogP contribution < -0.4 is 5.73 Å². The first kappa shape index (κ1) is 8.84. The van der Waals surface area contributed by atoms with Gasteiger partial charge in [-0.15, -0.1) is 0 Å². The maximum Gasteiger partial charge on any atom is 0.151 e. The van der Waals surface area contributed by atoms with Crippen LogP contribution in [0.15, 0.2) is 0 Å². The Kier molecular flexibility index (Phi) is 4.61. The summed E-state index contributed by atoms with van der Waals surface area (Å²) < 4.78 is 0. The first-order valence-electron chi connectivity index (χ1n) is 2.89. The Bertz CT molecular complexity index is 67.2. The van der Waals surface area contributed by atoms with Crippen molar-refractivity contribution >= 4 is 0 Å². The van der Waals surface area contributed by atoms with Crippen molar-refractivity contribution in [3.8, 4) is 0 Å². The standard InChI is InChI=1S/C5H13NO3/c6-4(3-7)1-2-5(8)9/h4-5,7-9H,1-3,6H2. The van der Waals surface area contributed by atoms with Crippen molar-refractivity contribution in [1.29, 1.82) is 0 Å². The molecule has 4 nitrogen and oxygen atoms in total. The van der Waals surface area contributed by atoms with Gasteiger partial charge < -0.3 is 21.1 Å². The fraction of sp³-hybridized carbons (Fsp3) is 1.00. The Balaban J connectivity index is 3.06. The number of hydrogen-bond donors (Lipinski definition) is 4. The minimum Gasteiger partial charge on any atom is -0.395 e. The van der Waals surface area contributed by atoms with Crippen LogP contribution in [-0.2, 0) is 0 Å². The first-order valence-corrected chi connectivity index (χ1v) is 2.89. The van der Waals surface area contributed by atoms with Gasteiger partial charge in [0.1, 0.15) is 0 Å². The average Bonchev–Trinajstić information content (AvgIpc) is 1.83. The summed E-state index contributed by atoms with van der Waals surface area (Å²) in [6.07, 6.45) is -0.641. The Morgan fingerprint density at radius 2 is 1.78 bits per heavy atom. The van der Waals surface area contributed by atoms with E-state index in [-0.39, 0.29) is 19.1 Å². The summed E-state index contributed by atoms with van der Waals surface area (Å²) in [4.78, 5) is 0. The van der Waals surface area contributed by atoms with Crippen LogP contribution in [0.3, 0.4) is 0 Å². The van der Waals surface area contributed by atoms with E-state index in [1.165, 1.54) is 0 Å². The maximum atomic E-state index is 8.36. The van der Waals surface area contributed by atoms with Crippen molar-refractivity contribution in [1.82, 2.24) is 0 Å². The fourth-order valence-corrected chi connectivity index (χ4v) is 0.454. The molecule has 0 aliphatic heterocycles. The zero-order chi connectivity index (χ0) is 7.28. The van der Waals surface area contributed by atoms with E-state index in [4.69, 9.17) is 21.1 Å². The topological polar surface area (TPSA) is 86.7 Å². The van der Waals surface area contributed by atoms with Crippen LogP contribution >= 0.6 is 0 Å². The number of aliphatic hydroxyl groups excluding tert-OH is 2. The zero-order valence-corrected chi connectivity index (χ0v) is 5.20. The van der Waals surface area contributed by atoms with Gasteiger partial charge in [0.25, 0.3) is 0 Å². The molecule has 1 unspecified atom stereocenters. The van der Waals surface area contributed by atoms with Crippen molar-refractivity contribution in [2.24, 2.45) is 5.73 Å². The van der Waals surface area contributed by atoms with Gasteiger partial charge in [0.15, 0.2) is 6.29 Å². The molecule has 0 aliphatic rings. The molecule has 1 atom stereocenters. The third-order valence-corrected chi connectivity index (χ3v) is 1.03. The van der Waals surface area contributed by atoms with Crippen LogP contribution in [0.1, 0.15) is 12.8 Å². The highest BCUT2D eigenvalue weighted by Gasteiger charge is 2.02. The second-order valence-electron chi connectivity index (χ2n) is 2.00. The van der Waals surface area contributed by atoms with E-state index in [1.54, 1.807) is 0 Å². The Hall–Kier alpha value is -0.160. The van der Waals surface area contributed by atoms with E-state index in [0.29, 0.717) is 6.42 Å². The summed E-state index contributed by atoms with van der Waals surface area (Å²) in [6, 6.07) is -0.327. The summed E-state index contributed by atoms with van der Waals surface area (Å²) in [5, 5.41) is 25.0. The van der Waals surface area contributed by atoms with Gasteiger partial charge in [-0.3, -0.25) is 0 Å². The molecule has 5 N–H and O–H groups in total. The number of hydrogen-bond acceptors (Lipinski definition) is 4. The smallest absolute Gasteiger partial charge is 0.151 e. The lowest BCUT2D eigenvalue weighted by Crippen LogP contribution is -2.25. The summed E-state index contributed by atoms with van der Waals surface area (Å²) in [5.74, 6) is 0. The molecule has 0 rings (SSSR count). The maximum absolute atomic E-state index is 8.36. The lowest BCUT2D eigenvalue weighted by Gasteiger charge is -2.07. The molecule has 0 aliphatic carbocycles. The molecule has 9 heavy (non-hydrogen) atoms. The third-order valence-electron chi connectivity index (χ3n) is 1.03. The molecule has 0 aromatic rings. The molecule has 4 heteroatoms. The number of nitrogens with two attached hydrogens (primary N) is 1. The van der Waals surface area contributed by atoms with Crippen molar-refractivity contribution < 1.29 is 15.3 Å². The van der Waals surface area contributed by atoms with Crippen LogP contribution in [0, 0.1) is 0 Å². The van der Waals surface area contributed by atoms with Crippen molar-refractivity contribution in [3.63, 3.8) is 0 Å². The normalized spacial score (nSPS) is 14.3. The highest BCUT2D eigenvalue weighted by Crippen LogP contribution is 1.95. The average molecular weight is 135 g/mol. The summed E-state index contributed by atoms with van der Waals surface area (Å²) in [6.45, 7) is -0.104. The quantitative estimate of drug-likeness (QED) is 0.349. The van der Waals surface area contributed by atoms with E-state index in [1.807, 2.05) is 0 Å². The van der Waals surface area contributed by atoms with Crippen molar-refractivity contribution in [2.75, 3.05) is 6.61 Å². The Labute approximate surface area is 53.9 Å². The predicted molar refractivity (Wildman–Crippen MR) is 32.5 cm³/mol. The van der Waals surface area contributed by atoms with E-state index < -0.39 is 6.29 Å². The van der Waals surface area contributed by atoms with Crippen LogP contribution in [0.2, 0.25) is 0 Å². The van der Waals surface area contributed by atoms with Gasteiger partial charge in [-0.1, -0.05) is 0 Å². The molecule has 0 saturated carbocycles. The lowest BCUT2D eigenvalue weighted by molar-refractivity contribution is -0.0479. The minimum absolute atomic E-state index is 0.104. The third kappa shape index (κ3) is 5.72. The predicted octanol–water partition coefficient (Wildman–Crippen LogP) is -1.60. The number of aliphatic hydroxyl groups is 3. The minimum atomic E-state index is -1.30. The van der Waals surface area contributed by atoms with E-state index >= 15 is 0 Å². The van der Waals surface area contributed by atoms with E-state index in [9.17, 15) is 0 Å². The molecule has 0 fully saturated rings. The zero-order valence-electron chi connectivity index (χ0n) is 5.20. The van der Waals surface area contributed by atoms with Gasteiger partial charge in [0, 0.05) is 6.04 Å². The van der Waals surface area contributed by atoms with Crippen LogP contribution in [-0.4, -0.2) is 34.3 Å². The second kappa shape index (κ2) is 4.69. The van der Waals surface area contributed by atoms with Gasteiger partial charge in [0.05, 0.1) is 6.61 Å². The highest BCUT2D eigenvalue weighted by atomic mass is 16.5. The van der Waals surface area contributed by atoms with Gasteiger partial charge in [-0.25, -0.2) is 0 Å². The van der Waals surface area contributed by atoms with Crippen LogP contribution in [0.25, 0.3) is 0 Å². The van der Waals surface area contributed by atoms with Gasteiger partial charge in [-0.05, 0) is 12.8 Å². The molecule has 0 spiro atoms. The molecule has 0 amide bonds. The lowest BCUT2D eigenvalue weighted by atomic mass is 10.2. The number of rotatable bonds is 4. The molecular weight excluding hydrogens is 122 g/mol. The Morgan fingerprint density at radius 3 is 2.11 bits per heavy atom. The molecular formula is C5H13NO3. The van der Waals surface area contributed by atoms with E-state index in [0.717, 1.165) is 0 Å². The monoisotopic (exact) mass is 135 g/mol. The van der Waals surface area contributed by atoms with Crippen molar-refractivity contribution in [2.45, 2.75) is 25.2 Å². The largest absolute Gasteiger partial charge is 0.395 e.